The number of nitrogen functional groups attached to an aromatic ring is 1. The zero-order chi connectivity index (χ0) is 14.1. The van der Waals surface area contributed by atoms with Gasteiger partial charge >= 0.3 is 0 Å². The summed E-state index contributed by atoms with van der Waals surface area (Å²) in [5.41, 5.74) is 7.56. The third-order valence-electron chi connectivity index (χ3n) is 2.87. The van der Waals surface area contributed by atoms with Crippen molar-refractivity contribution in [3.63, 3.8) is 0 Å². The van der Waals surface area contributed by atoms with Gasteiger partial charge in [0.1, 0.15) is 5.75 Å². The molecular weight excluding hydrogens is 274 g/mol. The average molecular weight is 287 g/mol. The molecule has 0 saturated carbocycles. The molecule has 3 rings (SSSR count). The van der Waals surface area contributed by atoms with Crippen LogP contribution in [0.5, 0.6) is 5.75 Å². The number of hydrogen-bond acceptors (Lipinski definition) is 6. The van der Waals surface area contributed by atoms with Crippen molar-refractivity contribution in [3.8, 4) is 28.6 Å². The Kier molecular flexibility index (Phi) is 3.15. The molecule has 0 amide bonds. The van der Waals surface area contributed by atoms with Crippen LogP contribution in [0.3, 0.4) is 0 Å². The molecule has 20 heavy (non-hydrogen) atoms. The second kappa shape index (κ2) is 4.97. The standard InChI is InChI=1S/C14H13N3O2S/c1-8-6-11(12(15)20-8)14-16-13(17-19-14)9-4-3-5-10(7-9)18-2/h3-7H,15H2,1-2H3. The molecule has 0 aliphatic heterocycles. The maximum atomic E-state index is 5.94. The highest BCUT2D eigenvalue weighted by molar-refractivity contribution is 7.16. The lowest BCUT2D eigenvalue weighted by atomic mass is 10.2. The molecule has 0 saturated heterocycles. The van der Waals surface area contributed by atoms with E-state index in [1.54, 1.807) is 7.11 Å². The summed E-state index contributed by atoms with van der Waals surface area (Å²) in [7, 11) is 1.62. The second-order valence-corrected chi connectivity index (χ2v) is 5.58. The number of nitrogens with two attached hydrogens (primary N) is 1. The number of aromatic nitrogens is 2. The van der Waals surface area contributed by atoms with E-state index in [2.05, 4.69) is 10.1 Å². The molecule has 0 aliphatic rings. The smallest absolute Gasteiger partial charge is 0.261 e. The molecule has 2 aromatic heterocycles. The van der Waals surface area contributed by atoms with Gasteiger partial charge in [0.15, 0.2) is 0 Å². The van der Waals surface area contributed by atoms with E-state index in [0.29, 0.717) is 16.7 Å². The number of rotatable bonds is 3. The van der Waals surface area contributed by atoms with Crippen molar-refractivity contribution in [2.24, 2.45) is 0 Å². The number of thiophene rings is 1. The lowest BCUT2D eigenvalue weighted by molar-refractivity contribution is 0.414. The molecule has 2 heterocycles. The van der Waals surface area contributed by atoms with Crippen molar-refractivity contribution in [1.82, 2.24) is 10.1 Å². The molecule has 0 spiro atoms. The first-order chi connectivity index (χ1) is 9.67. The summed E-state index contributed by atoms with van der Waals surface area (Å²) < 4.78 is 10.5. The highest BCUT2D eigenvalue weighted by Gasteiger charge is 2.15. The van der Waals surface area contributed by atoms with E-state index in [1.165, 1.54) is 11.3 Å². The van der Waals surface area contributed by atoms with E-state index < -0.39 is 0 Å². The summed E-state index contributed by atoms with van der Waals surface area (Å²) in [6.45, 7) is 1.99. The van der Waals surface area contributed by atoms with Gasteiger partial charge in [-0.3, -0.25) is 0 Å². The van der Waals surface area contributed by atoms with Crippen molar-refractivity contribution in [3.05, 3.63) is 35.2 Å². The van der Waals surface area contributed by atoms with Crippen molar-refractivity contribution in [2.75, 3.05) is 12.8 Å². The highest BCUT2D eigenvalue weighted by Crippen LogP contribution is 2.33. The van der Waals surface area contributed by atoms with Crippen molar-refractivity contribution in [1.29, 1.82) is 0 Å². The number of ether oxygens (including phenoxy) is 1. The van der Waals surface area contributed by atoms with Crippen LogP contribution >= 0.6 is 11.3 Å². The first-order valence-corrected chi connectivity index (χ1v) is 6.83. The quantitative estimate of drug-likeness (QED) is 0.799. The Bertz CT molecular complexity index is 748. The monoisotopic (exact) mass is 287 g/mol. The normalized spacial score (nSPS) is 10.7. The molecule has 0 atom stereocenters. The number of benzene rings is 1. The first-order valence-electron chi connectivity index (χ1n) is 6.02. The first kappa shape index (κ1) is 12.7. The van der Waals surface area contributed by atoms with Crippen LogP contribution in [0.25, 0.3) is 22.8 Å². The molecule has 0 bridgehead atoms. The topological polar surface area (TPSA) is 74.2 Å². The zero-order valence-electron chi connectivity index (χ0n) is 11.1. The molecule has 0 unspecified atom stereocenters. The van der Waals surface area contributed by atoms with Gasteiger partial charge in [-0.05, 0) is 25.1 Å². The largest absolute Gasteiger partial charge is 0.497 e. The Hall–Kier alpha value is -2.34. The van der Waals surface area contributed by atoms with Crippen molar-refractivity contribution >= 4 is 16.3 Å². The van der Waals surface area contributed by atoms with Crippen LogP contribution in [0.4, 0.5) is 5.00 Å². The van der Waals surface area contributed by atoms with Crippen LogP contribution in [0.15, 0.2) is 34.9 Å². The second-order valence-electron chi connectivity index (χ2n) is 4.29. The maximum absolute atomic E-state index is 5.94. The van der Waals surface area contributed by atoms with Gasteiger partial charge in [0.2, 0.25) is 5.82 Å². The molecular formula is C14H13N3O2S. The SMILES string of the molecule is COc1cccc(-c2noc(-c3cc(C)sc3N)n2)c1. The molecule has 2 N–H and O–H groups in total. The maximum Gasteiger partial charge on any atom is 0.261 e. The van der Waals surface area contributed by atoms with Crippen molar-refractivity contribution < 1.29 is 9.26 Å². The molecule has 0 radical (unpaired) electrons. The average Bonchev–Trinajstić information content (AvgIpc) is 3.05. The Morgan fingerprint density at radius 3 is 2.85 bits per heavy atom. The summed E-state index contributed by atoms with van der Waals surface area (Å²) in [4.78, 5) is 5.50. The van der Waals surface area contributed by atoms with Gasteiger partial charge < -0.3 is 15.0 Å². The summed E-state index contributed by atoms with van der Waals surface area (Å²) >= 11 is 1.51. The van der Waals surface area contributed by atoms with E-state index in [0.717, 1.165) is 21.8 Å². The summed E-state index contributed by atoms with van der Waals surface area (Å²) in [6, 6.07) is 9.46. The fraction of sp³-hybridized carbons (Fsp3) is 0.143. The van der Waals surface area contributed by atoms with Crippen LogP contribution < -0.4 is 10.5 Å². The van der Waals surface area contributed by atoms with E-state index >= 15 is 0 Å². The van der Waals surface area contributed by atoms with Gasteiger partial charge in [-0.25, -0.2) is 0 Å². The summed E-state index contributed by atoms with van der Waals surface area (Å²) in [6.07, 6.45) is 0. The molecule has 0 fully saturated rings. The predicted molar refractivity (Wildman–Crippen MR) is 78.7 cm³/mol. The van der Waals surface area contributed by atoms with E-state index in [4.69, 9.17) is 15.0 Å². The molecule has 1 aromatic carbocycles. The van der Waals surface area contributed by atoms with Gasteiger partial charge in [0, 0.05) is 10.4 Å². The van der Waals surface area contributed by atoms with Gasteiger partial charge in [0.05, 0.1) is 17.7 Å². The third-order valence-corrected chi connectivity index (χ3v) is 3.75. The van der Waals surface area contributed by atoms with Gasteiger partial charge in [0.25, 0.3) is 5.89 Å². The van der Waals surface area contributed by atoms with Crippen LogP contribution in [-0.2, 0) is 0 Å². The number of nitrogens with zero attached hydrogens (tertiary/aromatic N) is 2. The molecule has 3 aromatic rings. The number of hydrogen-bond donors (Lipinski definition) is 1. The summed E-state index contributed by atoms with van der Waals surface area (Å²) in [5, 5.41) is 4.68. The minimum absolute atomic E-state index is 0.435. The van der Waals surface area contributed by atoms with Crippen LogP contribution in [0.2, 0.25) is 0 Å². The van der Waals surface area contributed by atoms with Crippen molar-refractivity contribution in [2.45, 2.75) is 6.92 Å². The Labute approximate surface area is 120 Å². The lowest BCUT2D eigenvalue weighted by Gasteiger charge is -1.99. The minimum Gasteiger partial charge on any atom is -0.497 e. The zero-order valence-corrected chi connectivity index (χ0v) is 11.9. The molecule has 102 valence electrons. The van der Waals surface area contributed by atoms with Gasteiger partial charge in [-0.2, -0.15) is 4.98 Å². The van der Waals surface area contributed by atoms with Crippen LogP contribution in [-0.4, -0.2) is 17.3 Å². The van der Waals surface area contributed by atoms with Crippen LogP contribution in [0.1, 0.15) is 4.88 Å². The Morgan fingerprint density at radius 2 is 2.15 bits per heavy atom. The fourth-order valence-corrected chi connectivity index (χ4v) is 2.69. The fourth-order valence-electron chi connectivity index (χ4n) is 1.91. The highest BCUT2D eigenvalue weighted by atomic mass is 32.1. The van der Waals surface area contributed by atoms with E-state index in [1.807, 2.05) is 37.3 Å². The Balaban J connectivity index is 1.99. The molecule has 0 aliphatic carbocycles. The number of methoxy groups -OCH3 is 1. The third kappa shape index (κ3) is 2.25. The predicted octanol–water partition coefficient (Wildman–Crippen LogP) is 3.36. The number of aryl methyl sites for hydroxylation is 1. The van der Waals surface area contributed by atoms with Crippen LogP contribution in [0, 0.1) is 6.92 Å². The number of anilines is 1. The molecule has 6 heteroatoms. The molecule has 5 nitrogen and oxygen atoms in total. The lowest BCUT2D eigenvalue weighted by Crippen LogP contribution is -1.86. The van der Waals surface area contributed by atoms with Gasteiger partial charge in [-0.15, -0.1) is 11.3 Å². The minimum atomic E-state index is 0.435. The van der Waals surface area contributed by atoms with E-state index in [-0.39, 0.29) is 0 Å². The van der Waals surface area contributed by atoms with E-state index in [9.17, 15) is 0 Å². The summed E-state index contributed by atoms with van der Waals surface area (Å²) in [5.74, 6) is 1.70. The van der Waals surface area contributed by atoms with Gasteiger partial charge in [-0.1, -0.05) is 17.3 Å². The Morgan fingerprint density at radius 1 is 1.30 bits per heavy atom.